The van der Waals surface area contributed by atoms with E-state index in [1.807, 2.05) is 40.1 Å². The molecule has 12 aromatic rings. The topological polar surface area (TPSA) is 94.7 Å². The molecule has 0 saturated carbocycles. The molecule has 70 heavy (non-hydrogen) atoms. The van der Waals surface area contributed by atoms with Crippen LogP contribution >= 0.6 is 0 Å². The summed E-state index contributed by atoms with van der Waals surface area (Å²) >= 11 is 0. The number of hydrogen-bond donors (Lipinski definition) is 3. The SMILES string of the molecule is CCC(CC)C(=O)/C=C(\O)C(CC)CC.[Ir].[c-]1c(-c2nccc3ccccc23)c2[nH]c3ccccc3c2c2ccccc12.[c-]1c(-c2nccc3ccccc23)c2[nH]c3ccccc3c2c2ccccc12. The van der Waals surface area contributed by atoms with Gasteiger partial charge >= 0.3 is 0 Å². The number of fused-ring (bicyclic) bond motifs is 12. The van der Waals surface area contributed by atoms with Crippen molar-refractivity contribution in [2.24, 2.45) is 11.8 Å². The van der Waals surface area contributed by atoms with Crippen LogP contribution in [0, 0.1) is 24.0 Å². The van der Waals surface area contributed by atoms with E-state index >= 15 is 0 Å². The molecular formula is C63H54IrN4O2-2. The Balaban J connectivity index is 0.000000136. The molecule has 0 amide bonds. The molecular weight excluding hydrogens is 1040 g/mol. The monoisotopic (exact) mass is 1090 g/mol. The molecule has 8 aromatic carbocycles. The predicted molar refractivity (Wildman–Crippen MR) is 290 cm³/mol. The van der Waals surface area contributed by atoms with Crippen molar-refractivity contribution in [3.63, 3.8) is 0 Å². The van der Waals surface area contributed by atoms with Gasteiger partial charge in [0.15, 0.2) is 5.78 Å². The third-order valence-electron chi connectivity index (χ3n) is 13.7. The summed E-state index contributed by atoms with van der Waals surface area (Å²) in [6.07, 6.45) is 8.67. The standard InChI is InChI=1S/2C25H15N2.C13H24O2.Ir/c2*1-4-10-19-16(7-1)13-14-26-24(19)21-15-17-8-2-3-9-18(17)23-20-11-5-6-12-22(20)27-25(21)23;1-5-10(6-2)12(14)9-13(15)11(7-3)8-4;/h2*1-14,27H;9-11,14H,5-8H2,1-4H3;/q2*-1;;/b;;12-9-;. The molecule has 0 unspecified atom stereocenters. The Labute approximate surface area is 421 Å². The Hall–Kier alpha value is -7.44. The van der Waals surface area contributed by atoms with Crippen LogP contribution in [0.4, 0.5) is 0 Å². The van der Waals surface area contributed by atoms with Crippen molar-refractivity contribution in [3.8, 4) is 22.5 Å². The second kappa shape index (κ2) is 21.1. The Morgan fingerprint density at radius 2 is 0.871 bits per heavy atom. The number of rotatable bonds is 9. The normalized spacial score (nSPS) is 11.7. The summed E-state index contributed by atoms with van der Waals surface area (Å²) in [5.74, 6) is 0.547. The first-order valence-corrected chi connectivity index (χ1v) is 24.2. The van der Waals surface area contributed by atoms with Crippen LogP contribution in [0.15, 0.2) is 182 Å². The van der Waals surface area contributed by atoms with Crippen LogP contribution in [0.3, 0.4) is 0 Å². The summed E-state index contributed by atoms with van der Waals surface area (Å²) in [7, 11) is 0. The number of nitrogens with one attached hydrogen (secondary N) is 2. The number of benzene rings is 8. The third kappa shape index (κ3) is 8.99. The Morgan fingerprint density at radius 1 is 0.500 bits per heavy atom. The molecule has 4 heterocycles. The fourth-order valence-corrected chi connectivity index (χ4v) is 10.0. The second-order valence-electron chi connectivity index (χ2n) is 17.7. The van der Waals surface area contributed by atoms with Gasteiger partial charge in [-0.25, -0.2) is 0 Å². The first-order valence-electron chi connectivity index (χ1n) is 24.2. The number of aromatic amines is 2. The van der Waals surface area contributed by atoms with Crippen molar-refractivity contribution in [2.45, 2.75) is 53.4 Å². The molecule has 0 atom stereocenters. The zero-order valence-electron chi connectivity index (χ0n) is 39.8. The number of aliphatic hydroxyl groups is 1. The minimum atomic E-state index is 0. The average Bonchev–Trinajstić information content (AvgIpc) is 3.99. The summed E-state index contributed by atoms with van der Waals surface area (Å²) in [6, 6.07) is 62.1. The zero-order chi connectivity index (χ0) is 47.4. The van der Waals surface area contributed by atoms with Gasteiger partial charge in [-0.05, 0) is 93.3 Å². The van der Waals surface area contributed by atoms with Crippen LogP contribution in [-0.4, -0.2) is 30.8 Å². The van der Waals surface area contributed by atoms with Gasteiger partial charge in [0, 0.05) is 72.8 Å². The summed E-state index contributed by atoms with van der Waals surface area (Å²) in [5.41, 5.74) is 8.45. The number of allylic oxidation sites excluding steroid dienone is 2. The fraction of sp³-hybridized carbons (Fsp3) is 0.159. The maximum atomic E-state index is 11.7. The van der Waals surface area contributed by atoms with E-state index in [1.54, 1.807) is 0 Å². The van der Waals surface area contributed by atoms with Crippen LogP contribution in [0.5, 0.6) is 0 Å². The van der Waals surface area contributed by atoms with Crippen molar-refractivity contribution in [2.75, 3.05) is 0 Å². The van der Waals surface area contributed by atoms with Crippen molar-refractivity contribution >= 4 is 92.5 Å². The van der Waals surface area contributed by atoms with Crippen LogP contribution in [0.2, 0.25) is 0 Å². The van der Waals surface area contributed by atoms with Gasteiger partial charge in [-0.1, -0.05) is 182 Å². The molecule has 4 aromatic heterocycles. The number of carbonyl (C=O) groups excluding carboxylic acids is 1. The predicted octanol–water partition coefficient (Wildman–Crippen LogP) is 16.8. The molecule has 0 saturated heterocycles. The van der Waals surface area contributed by atoms with Gasteiger partial charge in [0.25, 0.3) is 0 Å². The number of aliphatic hydroxyl groups excluding tert-OH is 1. The Bertz CT molecular complexity index is 3620. The number of aromatic nitrogens is 4. The summed E-state index contributed by atoms with van der Waals surface area (Å²) in [6.45, 7) is 8.07. The van der Waals surface area contributed by atoms with E-state index in [4.69, 9.17) is 9.97 Å². The quantitative estimate of drug-likeness (QED) is 0.0762. The van der Waals surface area contributed by atoms with E-state index in [0.29, 0.717) is 0 Å². The largest absolute Gasteiger partial charge is 0.512 e. The van der Waals surface area contributed by atoms with E-state index in [1.165, 1.54) is 49.2 Å². The number of H-pyrrole nitrogens is 2. The number of nitrogens with zero attached hydrogens (tertiary/aromatic N) is 2. The zero-order valence-corrected chi connectivity index (χ0v) is 42.2. The van der Waals surface area contributed by atoms with Crippen LogP contribution < -0.4 is 0 Å². The van der Waals surface area contributed by atoms with Gasteiger partial charge in [-0.15, -0.1) is 35.0 Å². The van der Waals surface area contributed by atoms with Gasteiger partial charge < -0.3 is 15.1 Å². The van der Waals surface area contributed by atoms with Gasteiger partial charge in [0.2, 0.25) is 0 Å². The van der Waals surface area contributed by atoms with E-state index in [-0.39, 0.29) is 43.5 Å². The number of para-hydroxylation sites is 2. The van der Waals surface area contributed by atoms with Crippen molar-refractivity contribution < 1.29 is 30.0 Å². The first-order chi connectivity index (χ1) is 33.9. The number of hydrogen-bond acceptors (Lipinski definition) is 4. The molecule has 7 heteroatoms. The molecule has 1 radical (unpaired) electrons. The maximum absolute atomic E-state index is 11.7. The first kappa shape index (κ1) is 47.6. The van der Waals surface area contributed by atoms with E-state index in [0.717, 1.165) is 91.8 Å². The van der Waals surface area contributed by atoms with E-state index in [9.17, 15) is 9.90 Å². The minimum absolute atomic E-state index is 0. The molecule has 3 N–H and O–H groups in total. The van der Waals surface area contributed by atoms with Crippen LogP contribution in [-0.2, 0) is 24.9 Å². The maximum Gasteiger partial charge on any atom is 0.162 e. The summed E-state index contributed by atoms with van der Waals surface area (Å²) in [4.78, 5) is 28.5. The van der Waals surface area contributed by atoms with Gasteiger partial charge in [0.05, 0.1) is 5.76 Å². The molecule has 0 fully saturated rings. The van der Waals surface area contributed by atoms with E-state index in [2.05, 4.69) is 180 Å². The minimum Gasteiger partial charge on any atom is -0.512 e. The van der Waals surface area contributed by atoms with Gasteiger partial charge in [-0.3, -0.25) is 14.8 Å². The molecule has 12 rings (SSSR count). The van der Waals surface area contributed by atoms with Crippen molar-refractivity contribution in [1.82, 2.24) is 19.9 Å². The van der Waals surface area contributed by atoms with E-state index < -0.39 is 0 Å². The molecule has 0 bridgehead atoms. The van der Waals surface area contributed by atoms with Gasteiger partial charge in [0.1, 0.15) is 0 Å². The Morgan fingerprint density at radius 3 is 1.30 bits per heavy atom. The molecule has 0 spiro atoms. The molecule has 0 aliphatic carbocycles. The van der Waals surface area contributed by atoms with Gasteiger partial charge in [-0.2, -0.15) is 0 Å². The van der Waals surface area contributed by atoms with Crippen LogP contribution in [0.25, 0.3) is 109 Å². The summed E-state index contributed by atoms with van der Waals surface area (Å²) in [5, 5.41) is 24.0. The molecule has 349 valence electrons. The second-order valence-corrected chi connectivity index (χ2v) is 17.7. The van der Waals surface area contributed by atoms with Crippen LogP contribution in [0.1, 0.15) is 53.4 Å². The Kier molecular flexibility index (Phi) is 14.3. The smallest absolute Gasteiger partial charge is 0.162 e. The number of ketones is 1. The number of pyridine rings is 2. The molecule has 6 nitrogen and oxygen atoms in total. The average molecular weight is 1090 g/mol. The van der Waals surface area contributed by atoms with Crippen molar-refractivity contribution in [1.29, 1.82) is 0 Å². The molecule has 0 aliphatic heterocycles. The summed E-state index contributed by atoms with van der Waals surface area (Å²) < 4.78 is 0. The molecule has 0 aliphatic rings. The van der Waals surface area contributed by atoms with Crippen molar-refractivity contribution in [3.05, 3.63) is 194 Å². The third-order valence-corrected chi connectivity index (χ3v) is 13.7. The number of carbonyl (C=O) groups is 1. The fourth-order valence-electron chi connectivity index (χ4n) is 10.0.